The van der Waals surface area contributed by atoms with Crippen molar-refractivity contribution in [3.8, 4) is 0 Å². The lowest BCUT2D eigenvalue weighted by Crippen LogP contribution is -2.30. The zero-order valence-corrected chi connectivity index (χ0v) is 14.6. The molecule has 0 aliphatic carbocycles. The van der Waals surface area contributed by atoms with E-state index in [1.165, 1.54) is 12.3 Å². The first-order valence-electron chi connectivity index (χ1n) is 8.24. The highest BCUT2D eigenvalue weighted by molar-refractivity contribution is 5.96. The Balaban J connectivity index is 1.75. The van der Waals surface area contributed by atoms with Gasteiger partial charge in [0.05, 0.1) is 5.56 Å². The molecule has 1 heterocycles. The fourth-order valence-corrected chi connectivity index (χ4v) is 2.25. The van der Waals surface area contributed by atoms with Gasteiger partial charge in [-0.05, 0) is 42.7 Å². The summed E-state index contributed by atoms with van der Waals surface area (Å²) in [4.78, 5) is 38.9. The third-order valence-corrected chi connectivity index (χ3v) is 3.70. The molecule has 1 aromatic heterocycles. The molecule has 2 amide bonds. The lowest BCUT2D eigenvalue weighted by Gasteiger charge is -2.08. The summed E-state index contributed by atoms with van der Waals surface area (Å²) in [5.41, 5.74) is 3.02. The van der Waals surface area contributed by atoms with Crippen LogP contribution < -0.4 is 10.6 Å². The minimum Gasteiger partial charge on any atom is -0.352 e. The highest BCUT2D eigenvalue weighted by atomic mass is 16.2. The number of hydrogen-bond donors (Lipinski definition) is 2. The van der Waals surface area contributed by atoms with Gasteiger partial charge in [0.1, 0.15) is 6.29 Å². The van der Waals surface area contributed by atoms with E-state index in [9.17, 15) is 14.4 Å². The van der Waals surface area contributed by atoms with Gasteiger partial charge in [-0.25, -0.2) is 0 Å². The molecule has 6 heteroatoms. The van der Waals surface area contributed by atoms with E-state index >= 15 is 0 Å². The number of nitrogens with zero attached hydrogens (tertiary/aromatic N) is 1. The second-order valence-corrected chi connectivity index (χ2v) is 5.85. The van der Waals surface area contributed by atoms with Crippen LogP contribution in [0.3, 0.4) is 0 Å². The van der Waals surface area contributed by atoms with Crippen molar-refractivity contribution in [2.24, 2.45) is 0 Å². The minimum absolute atomic E-state index is 0.217. The average molecular weight is 351 g/mol. The van der Waals surface area contributed by atoms with Crippen LogP contribution >= 0.6 is 0 Å². The molecule has 0 radical (unpaired) electrons. The molecular formula is C20H21N3O3. The first kappa shape index (κ1) is 19.1. The van der Waals surface area contributed by atoms with E-state index in [4.69, 9.17) is 0 Å². The van der Waals surface area contributed by atoms with E-state index in [0.29, 0.717) is 42.5 Å². The molecule has 2 rings (SSSR count). The molecule has 26 heavy (non-hydrogen) atoms. The molecule has 134 valence electrons. The highest BCUT2D eigenvalue weighted by Crippen LogP contribution is 2.11. The van der Waals surface area contributed by atoms with Gasteiger partial charge in [0.25, 0.3) is 11.8 Å². The standard InChI is InChI=1S/C20H21N3O3/c1-14(2)17-10-18(12-21-11-17)20(26)23-8-4-7-22-19(25)16-6-3-5-15(9-16)13-24/h3,5-6,9-13H,1,4,7-8H2,2H3,(H,22,25)(H,23,26). The van der Waals surface area contributed by atoms with E-state index in [1.807, 2.05) is 6.92 Å². The van der Waals surface area contributed by atoms with Crippen molar-refractivity contribution < 1.29 is 14.4 Å². The zero-order chi connectivity index (χ0) is 18.9. The number of allylic oxidation sites excluding steroid dienone is 1. The van der Waals surface area contributed by atoms with Gasteiger partial charge < -0.3 is 10.6 Å². The van der Waals surface area contributed by atoms with Gasteiger partial charge in [-0.2, -0.15) is 0 Å². The lowest BCUT2D eigenvalue weighted by molar-refractivity contribution is 0.0951. The van der Waals surface area contributed by atoms with Gasteiger partial charge >= 0.3 is 0 Å². The van der Waals surface area contributed by atoms with Crippen molar-refractivity contribution in [3.63, 3.8) is 0 Å². The molecule has 2 N–H and O–H groups in total. The summed E-state index contributed by atoms with van der Waals surface area (Å²) in [5.74, 6) is -0.469. The third-order valence-electron chi connectivity index (χ3n) is 3.70. The molecule has 0 atom stereocenters. The van der Waals surface area contributed by atoms with Crippen LogP contribution in [0.4, 0.5) is 0 Å². The van der Waals surface area contributed by atoms with Crippen molar-refractivity contribution in [1.29, 1.82) is 0 Å². The monoisotopic (exact) mass is 351 g/mol. The Morgan fingerprint density at radius 3 is 2.35 bits per heavy atom. The Kier molecular flexibility index (Phi) is 6.79. The summed E-state index contributed by atoms with van der Waals surface area (Å²) in [6.07, 6.45) is 4.44. The number of nitrogens with one attached hydrogen (secondary N) is 2. The normalized spacial score (nSPS) is 10.0. The van der Waals surface area contributed by atoms with Crippen molar-refractivity contribution in [2.45, 2.75) is 13.3 Å². The Labute approximate surface area is 152 Å². The van der Waals surface area contributed by atoms with Crippen LogP contribution in [0, 0.1) is 0 Å². The number of benzene rings is 1. The SMILES string of the molecule is C=C(C)c1cncc(C(=O)NCCCNC(=O)c2cccc(C=O)c2)c1. The quantitative estimate of drug-likeness (QED) is 0.565. The van der Waals surface area contributed by atoms with Crippen LogP contribution in [-0.4, -0.2) is 36.2 Å². The average Bonchev–Trinajstić information content (AvgIpc) is 2.67. The third kappa shape index (κ3) is 5.37. The number of pyridine rings is 1. The number of carbonyl (C=O) groups is 3. The van der Waals surface area contributed by atoms with E-state index in [1.54, 1.807) is 30.5 Å². The van der Waals surface area contributed by atoms with Crippen molar-refractivity contribution >= 4 is 23.7 Å². The highest BCUT2D eigenvalue weighted by Gasteiger charge is 2.08. The lowest BCUT2D eigenvalue weighted by atomic mass is 10.1. The summed E-state index contributed by atoms with van der Waals surface area (Å²) >= 11 is 0. The molecule has 0 unspecified atom stereocenters. The predicted octanol–water partition coefficient (Wildman–Crippen LogP) is 2.48. The van der Waals surface area contributed by atoms with Crippen LogP contribution in [0.25, 0.3) is 5.57 Å². The second-order valence-electron chi connectivity index (χ2n) is 5.85. The van der Waals surface area contributed by atoms with E-state index in [2.05, 4.69) is 22.2 Å². The molecule has 1 aromatic carbocycles. The molecule has 0 aliphatic rings. The molecule has 0 spiro atoms. The number of aldehydes is 1. The predicted molar refractivity (Wildman–Crippen MR) is 100 cm³/mol. The van der Waals surface area contributed by atoms with Gasteiger partial charge in [-0.1, -0.05) is 18.7 Å². The summed E-state index contributed by atoms with van der Waals surface area (Å²) in [6.45, 7) is 6.52. The Hall–Kier alpha value is -3.28. The van der Waals surface area contributed by atoms with E-state index in [-0.39, 0.29) is 11.8 Å². The fraction of sp³-hybridized carbons (Fsp3) is 0.200. The van der Waals surface area contributed by atoms with Gasteiger partial charge in [-0.15, -0.1) is 0 Å². The van der Waals surface area contributed by atoms with Crippen LogP contribution in [0.2, 0.25) is 0 Å². The summed E-state index contributed by atoms with van der Waals surface area (Å²) in [5, 5.41) is 5.55. The topological polar surface area (TPSA) is 88.2 Å². The molecule has 0 saturated carbocycles. The number of rotatable bonds is 8. The fourth-order valence-electron chi connectivity index (χ4n) is 2.25. The molecular weight excluding hydrogens is 330 g/mol. The molecule has 6 nitrogen and oxygen atoms in total. The maximum atomic E-state index is 12.1. The van der Waals surface area contributed by atoms with Gasteiger partial charge in [-0.3, -0.25) is 19.4 Å². The first-order chi connectivity index (χ1) is 12.5. The van der Waals surface area contributed by atoms with Crippen LogP contribution in [0.1, 0.15) is 50.0 Å². The Morgan fingerprint density at radius 2 is 1.69 bits per heavy atom. The molecule has 2 aromatic rings. The van der Waals surface area contributed by atoms with Crippen LogP contribution in [0.5, 0.6) is 0 Å². The maximum absolute atomic E-state index is 12.1. The Morgan fingerprint density at radius 1 is 1.04 bits per heavy atom. The summed E-state index contributed by atoms with van der Waals surface area (Å²) in [6, 6.07) is 8.22. The molecule has 0 saturated heterocycles. The minimum atomic E-state index is -0.251. The van der Waals surface area contributed by atoms with Crippen molar-refractivity contribution in [3.05, 3.63) is 71.6 Å². The van der Waals surface area contributed by atoms with Gasteiger partial charge in [0, 0.05) is 36.6 Å². The largest absolute Gasteiger partial charge is 0.352 e. The van der Waals surface area contributed by atoms with Crippen molar-refractivity contribution in [1.82, 2.24) is 15.6 Å². The van der Waals surface area contributed by atoms with Gasteiger partial charge in [0.15, 0.2) is 0 Å². The maximum Gasteiger partial charge on any atom is 0.252 e. The van der Waals surface area contributed by atoms with E-state index in [0.717, 1.165) is 11.1 Å². The number of aromatic nitrogens is 1. The molecule has 0 fully saturated rings. The first-order valence-corrected chi connectivity index (χ1v) is 8.24. The molecule has 0 bridgehead atoms. The zero-order valence-electron chi connectivity index (χ0n) is 14.6. The second kappa shape index (κ2) is 9.27. The van der Waals surface area contributed by atoms with Crippen LogP contribution in [-0.2, 0) is 0 Å². The summed E-state index contributed by atoms with van der Waals surface area (Å²) < 4.78 is 0. The van der Waals surface area contributed by atoms with E-state index < -0.39 is 0 Å². The van der Waals surface area contributed by atoms with Crippen LogP contribution in [0.15, 0.2) is 49.3 Å². The van der Waals surface area contributed by atoms with Crippen molar-refractivity contribution in [2.75, 3.05) is 13.1 Å². The molecule has 0 aliphatic heterocycles. The number of amides is 2. The van der Waals surface area contributed by atoms with Gasteiger partial charge in [0.2, 0.25) is 0 Å². The Bertz CT molecular complexity index is 831. The smallest absolute Gasteiger partial charge is 0.252 e. The summed E-state index contributed by atoms with van der Waals surface area (Å²) in [7, 11) is 0. The number of carbonyl (C=O) groups excluding carboxylic acids is 3. The number of hydrogen-bond acceptors (Lipinski definition) is 4.